The third-order valence-electron chi connectivity index (χ3n) is 4.28. The fourth-order valence-corrected chi connectivity index (χ4v) is 2.95. The molecule has 0 radical (unpaired) electrons. The lowest BCUT2D eigenvalue weighted by Crippen LogP contribution is -2.42. The van der Waals surface area contributed by atoms with Crippen molar-refractivity contribution in [3.05, 3.63) is 23.8 Å². The molecule has 1 aromatic carbocycles. The first-order valence-electron chi connectivity index (χ1n) is 7.82. The van der Waals surface area contributed by atoms with E-state index in [1.807, 2.05) is 13.0 Å². The van der Waals surface area contributed by atoms with Crippen LogP contribution in [0.3, 0.4) is 0 Å². The second kappa shape index (κ2) is 7.66. The first kappa shape index (κ1) is 16.1. The maximum Gasteiger partial charge on any atom is 0.161 e. The predicted molar refractivity (Wildman–Crippen MR) is 83.8 cm³/mol. The molecule has 2 rings (SSSR count). The predicted octanol–water partition coefficient (Wildman–Crippen LogP) is 2.69. The van der Waals surface area contributed by atoms with Crippen molar-refractivity contribution >= 4 is 0 Å². The highest BCUT2D eigenvalue weighted by Gasteiger charge is 2.25. The SMILES string of the molecule is CCOc1cc(CN2CC(CO)CCC2C)ccc1OC. The van der Waals surface area contributed by atoms with E-state index in [0.29, 0.717) is 18.6 Å². The molecule has 0 aliphatic carbocycles. The molecule has 0 aromatic heterocycles. The molecular weight excluding hydrogens is 266 g/mol. The molecule has 0 bridgehead atoms. The molecule has 0 amide bonds. The zero-order valence-corrected chi connectivity index (χ0v) is 13.3. The Balaban J connectivity index is 2.09. The van der Waals surface area contributed by atoms with Crippen molar-refractivity contribution in [2.75, 3.05) is 26.9 Å². The van der Waals surface area contributed by atoms with Crippen LogP contribution in [0, 0.1) is 5.92 Å². The fourth-order valence-electron chi connectivity index (χ4n) is 2.95. The summed E-state index contributed by atoms with van der Waals surface area (Å²) >= 11 is 0. The smallest absolute Gasteiger partial charge is 0.161 e. The summed E-state index contributed by atoms with van der Waals surface area (Å²) < 4.78 is 11.0. The van der Waals surface area contributed by atoms with Crippen LogP contribution in [0.4, 0.5) is 0 Å². The molecule has 0 spiro atoms. The number of nitrogens with zero attached hydrogens (tertiary/aromatic N) is 1. The van der Waals surface area contributed by atoms with Crippen LogP contribution in [0.2, 0.25) is 0 Å². The minimum atomic E-state index is 0.288. The van der Waals surface area contributed by atoms with Crippen molar-refractivity contribution in [2.45, 2.75) is 39.3 Å². The third kappa shape index (κ3) is 4.11. The summed E-state index contributed by atoms with van der Waals surface area (Å²) in [6, 6.07) is 6.69. The van der Waals surface area contributed by atoms with Crippen LogP contribution in [-0.2, 0) is 6.54 Å². The first-order valence-corrected chi connectivity index (χ1v) is 7.82. The molecule has 1 saturated heterocycles. The number of hydrogen-bond acceptors (Lipinski definition) is 4. The summed E-state index contributed by atoms with van der Waals surface area (Å²) in [6.07, 6.45) is 2.28. The quantitative estimate of drug-likeness (QED) is 0.875. The molecule has 21 heavy (non-hydrogen) atoms. The Morgan fingerprint density at radius 2 is 2.10 bits per heavy atom. The van der Waals surface area contributed by atoms with Crippen molar-refractivity contribution in [1.29, 1.82) is 0 Å². The molecule has 1 fully saturated rings. The topological polar surface area (TPSA) is 41.9 Å². The summed E-state index contributed by atoms with van der Waals surface area (Å²) in [4.78, 5) is 2.45. The standard InChI is InChI=1S/C17H27NO3/c1-4-21-17-9-14(7-8-16(17)20-3)10-18-11-15(12-19)6-5-13(18)2/h7-9,13,15,19H,4-6,10-12H2,1-3H3. The average Bonchev–Trinajstić information content (AvgIpc) is 2.50. The highest BCUT2D eigenvalue weighted by atomic mass is 16.5. The normalized spacial score (nSPS) is 23.0. The van der Waals surface area contributed by atoms with Gasteiger partial charge in [-0.15, -0.1) is 0 Å². The number of likely N-dealkylation sites (tertiary alicyclic amines) is 1. The number of methoxy groups -OCH3 is 1. The summed E-state index contributed by atoms with van der Waals surface area (Å²) in [7, 11) is 1.66. The lowest BCUT2D eigenvalue weighted by Gasteiger charge is -2.37. The molecule has 1 aliphatic heterocycles. The summed E-state index contributed by atoms with van der Waals surface area (Å²) in [6.45, 7) is 7.02. The van der Waals surface area contributed by atoms with E-state index in [1.165, 1.54) is 5.56 Å². The van der Waals surface area contributed by atoms with Crippen LogP contribution in [0.15, 0.2) is 18.2 Å². The Kier molecular flexibility index (Phi) is 5.88. The van der Waals surface area contributed by atoms with E-state index in [2.05, 4.69) is 24.0 Å². The van der Waals surface area contributed by atoms with E-state index in [-0.39, 0.29) is 6.61 Å². The number of rotatable bonds is 6. The number of aliphatic hydroxyl groups is 1. The lowest BCUT2D eigenvalue weighted by molar-refractivity contribution is 0.0771. The van der Waals surface area contributed by atoms with Crippen molar-refractivity contribution in [1.82, 2.24) is 4.90 Å². The Morgan fingerprint density at radius 3 is 2.76 bits per heavy atom. The highest BCUT2D eigenvalue weighted by Crippen LogP contribution is 2.30. The first-order chi connectivity index (χ1) is 10.2. The Hall–Kier alpha value is -1.26. The molecule has 1 heterocycles. The van der Waals surface area contributed by atoms with Gasteiger partial charge in [0.1, 0.15) is 0 Å². The minimum Gasteiger partial charge on any atom is -0.493 e. The Labute approximate surface area is 127 Å². The van der Waals surface area contributed by atoms with Gasteiger partial charge in [0.25, 0.3) is 0 Å². The molecule has 1 N–H and O–H groups in total. The van der Waals surface area contributed by atoms with Gasteiger partial charge < -0.3 is 14.6 Å². The Bertz CT molecular complexity index is 450. The lowest BCUT2D eigenvalue weighted by atomic mass is 9.93. The number of piperidine rings is 1. The molecule has 2 unspecified atom stereocenters. The van der Waals surface area contributed by atoms with Crippen LogP contribution >= 0.6 is 0 Å². The van der Waals surface area contributed by atoms with Crippen molar-refractivity contribution < 1.29 is 14.6 Å². The average molecular weight is 293 g/mol. The van der Waals surface area contributed by atoms with Gasteiger partial charge >= 0.3 is 0 Å². The van der Waals surface area contributed by atoms with Crippen LogP contribution in [0.1, 0.15) is 32.3 Å². The van der Waals surface area contributed by atoms with Gasteiger partial charge in [-0.05, 0) is 50.3 Å². The van der Waals surface area contributed by atoms with E-state index in [0.717, 1.165) is 37.4 Å². The molecule has 118 valence electrons. The van der Waals surface area contributed by atoms with E-state index in [9.17, 15) is 5.11 Å². The molecule has 4 nitrogen and oxygen atoms in total. The summed E-state index contributed by atoms with van der Waals surface area (Å²) in [5.74, 6) is 1.99. The van der Waals surface area contributed by atoms with E-state index >= 15 is 0 Å². The second-order valence-corrected chi connectivity index (χ2v) is 5.82. The molecule has 1 aliphatic rings. The Morgan fingerprint density at radius 1 is 1.29 bits per heavy atom. The van der Waals surface area contributed by atoms with Gasteiger partial charge in [-0.2, -0.15) is 0 Å². The molecule has 4 heteroatoms. The van der Waals surface area contributed by atoms with Crippen molar-refractivity contribution in [3.8, 4) is 11.5 Å². The number of ether oxygens (including phenoxy) is 2. The van der Waals surface area contributed by atoms with E-state index in [4.69, 9.17) is 9.47 Å². The largest absolute Gasteiger partial charge is 0.493 e. The molecule has 1 aromatic rings. The van der Waals surface area contributed by atoms with Gasteiger partial charge in [-0.3, -0.25) is 4.90 Å². The fraction of sp³-hybridized carbons (Fsp3) is 0.647. The number of benzene rings is 1. The van der Waals surface area contributed by atoms with Gasteiger partial charge in [-0.1, -0.05) is 6.07 Å². The zero-order valence-electron chi connectivity index (χ0n) is 13.3. The van der Waals surface area contributed by atoms with Crippen LogP contribution in [-0.4, -0.2) is 42.9 Å². The van der Waals surface area contributed by atoms with Gasteiger partial charge in [0.15, 0.2) is 11.5 Å². The second-order valence-electron chi connectivity index (χ2n) is 5.82. The van der Waals surface area contributed by atoms with Gasteiger partial charge in [-0.25, -0.2) is 0 Å². The third-order valence-corrected chi connectivity index (χ3v) is 4.28. The minimum absolute atomic E-state index is 0.288. The number of aliphatic hydroxyl groups excluding tert-OH is 1. The van der Waals surface area contributed by atoms with E-state index < -0.39 is 0 Å². The van der Waals surface area contributed by atoms with Crippen LogP contribution < -0.4 is 9.47 Å². The molecule has 2 atom stereocenters. The van der Waals surface area contributed by atoms with Gasteiger partial charge in [0, 0.05) is 25.7 Å². The van der Waals surface area contributed by atoms with Crippen LogP contribution in [0.25, 0.3) is 0 Å². The van der Waals surface area contributed by atoms with Crippen LogP contribution in [0.5, 0.6) is 11.5 Å². The molecule has 0 saturated carbocycles. The van der Waals surface area contributed by atoms with Crippen molar-refractivity contribution in [2.24, 2.45) is 5.92 Å². The van der Waals surface area contributed by atoms with Gasteiger partial charge in [0.2, 0.25) is 0 Å². The van der Waals surface area contributed by atoms with Gasteiger partial charge in [0.05, 0.1) is 13.7 Å². The maximum absolute atomic E-state index is 9.38. The maximum atomic E-state index is 9.38. The van der Waals surface area contributed by atoms with E-state index in [1.54, 1.807) is 7.11 Å². The number of hydrogen-bond donors (Lipinski definition) is 1. The monoisotopic (exact) mass is 293 g/mol. The molecular formula is C17H27NO3. The zero-order chi connectivity index (χ0) is 15.2. The van der Waals surface area contributed by atoms with Crippen molar-refractivity contribution in [3.63, 3.8) is 0 Å². The summed E-state index contributed by atoms with van der Waals surface area (Å²) in [5.41, 5.74) is 1.23. The summed E-state index contributed by atoms with van der Waals surface area (Å²) in [5, 5.41) is 9.38. The highest BCUT2D eigenvalue weighted by molar-refractivity contribution is 5.43.